The number of hydrogen-bond acceptors (Lipinski definition) is 6. The SMILES string of the molecule is CCOc1ccc(N2C(=O)C3ON(c4ccccc4)C(c4ccc(O)cc4)C3C2=O)cc1. The zero-order valence-corrected chi connectivity index (χ0v) is 17.4. The van der Waals surface area contributed by atoms with E-state index in [1.807, 2.05) is 37.3 Å². The van der Waals surface area contributed by atoms with Gasteiger partial charge in [-0.05, 0) is 61.0 Å². The molecule has 162 valence electrons. The Balaban J connectivity index is 1.53. The van der Waals surface area contributed by atoms with E-state index in [1.54, 1.807) is 53.6 Å². The third kappa shape index (κ3) is 3.27. The number of hydroxylamine groups is 1. The summed E-state index contributed by atoms with van der Waals surface area (Å²) in [5, 5.41) is 11.4. The fourth-order valence-corrected chi connectivity index (χ4v) is 4.34. The van der Waals surface area contributed by atoms with Crippen LogP contribution in [0.5, 0.6) is 11.5 Å². The molecule has 32 heavy (non-hydrogen) atoms. The summed E-state index contributed by atoms with van der Waals surface area (Å²) >= 11 is 0. The van der Waals surface area contributed by atoms with Gasteiger partial charge in [0.25, 0.3) is 5.91 Å². The minimum Gasteiger partial charge on any atom is -0.508 e. The smallest absolute Gasteiger partial charge is 0.266 e. The fourth-order valence-electron chi connectivity index (χ4n) is 4.34. The van der Waals surface area contributed by atoms with E-state index < -0.39 is 24.0 Å². The standard InChI is InChI=1S/C25H22N2O5/c1-2-31-20-14-10-17(11-15-20)26-24(29)21-22(16-8-12-19(28)13-9-16)27(32-23(21)25(26)30)18-6-4-3-5-7-18/h3-15,21-23,28H,2H2,1H3. The number of anilines is 2. The third-order valence-electron chi connectivity index (χ3n) is 5.77. The quantitative estimate of drug-likeness (QED) is 0.620. The second-order valence-electron chi connectivity index (χ2n) is 7.69. The van der Waals surface area contributed by atoms with Crippen LogP contribution < -0.4 is 14.7 Å². The van der Waals surface area contributed by atoms with Crippen LogP contribution in [0.25, 0.3) is 0 Å². The third-order valence-corrected chi connectivity index (χ3v) is 5.77. The van der Waals surface area contributed by atoms with Gasteiger partial charge in [0.1, 0.15) is 17.4 Å². The molecule has 7 heteroatoms. The highest BCUT2D eigenvalue weighted by molar-refractivity contribution is 6.23. The highest BCUT2D eigenvalue weighted by atomic mass is 16.7. The van der Waals surface area contributed by atoms with Crippen molar-refractivity contribution in [1.82, 2.24) is 0 Å². The molecular formula is C25H22N2O5. The lowest BCUT2D eigenvalue weighted by atomic mass is 9.90. The van der Waals surface area contributed by atoms with Gasteiger partial charge in [-0.15, -0.1) is 0 Å². The number of rotatable bonds is 5. The van der Waals surface area contributed by atoms with E-state index in [1.165, 1.54) is 4.90 Å². The number of nitrogens with zero attached hydrogens (tertiary/aromatic N) is 2. The summed E-state index contributed by atoms with van der Waals surface area (Å²) in [6.45, 7) is 2.42. The molecule has 5 rings (SSSR count). The minimum atomic E-state index is -0.937. The molecule has 1 N–H and O–H groups in total. The van der Waals surface area contributed by atoms with Gasteiger partial charge < -0.3 is 9.84 Å². The van der Waals surface area contributed by atoms with Gasteiger partial charge in [-0.3, -0.25) is 14.4 Å². The molecule has 0 bridgehead atoms. The van der Waals surface area contributed by atoms with Gasteiger partial charge in [-0.25, -0.2) is 9.96 Å². The number of imide groups is 1. The number of para-hydroxylation sites is 1. The summed E-state index contributed by atoms with van der Waals surface area (Å²) in [5.41, 5.74) is 2.00. The largest absolute Gasteiger partial charge is 0.508 e. The van der Waals surface area contributed by atoms with Crippen molar-refractivity contribution in [3.8, 4) is 11.5 Å². The van der Waals surface area contributed by atoms with Crippen LogP contribution >= 0.6 is 0 Å². The summed E-state index contributed by atoms with van der Waals surface area (Å²) in [7, 11) is 0. The first kappa shape index (κ1) is 20.1. The predicted molar refractivity (Wildman–Crippen MR) is 118 cm³/mol. The van der Waals surface area contributed by atoms with Gasteiger partial charge in [-0.2, -0.15) is 0 Å². The molecule has 2 amide bonds. The monoisotopic (exact) mass is 430 g/mol. The van der Waals surface area contributed by atoms with E-state index in [9.17, 15) is 14.7 Å². The second kappa shape index (κ2) is 8.01. The van der Waals surface area contributed by atoms with Gasteiger partial charge in [0.2, 0.25) is 5.91 Å². The van der Waals surface area contributed by atoms with Crippen LogP contribution in [-0.4, -0.2) is 29.6 Å². The Kier molecular flexibility index (Phi) is 5.03. The Labute approximate surface area is 185 Å². The summed E-state index contributed by atoms with van der Waals surface area (Å²) < 4.78 is 5.46. The summed E-state index contributed by atoms with van der Waals surface area (Å²) in [5.74, 6) is -0.643. The minimum absolute atomic E-state index is 0.125. The molecule has 7 nitrogen and oxygen atoms in total. The lowest BCUT2D eigenvalue weighted by molar-refractivity contribution is -0.126. The number of hydrogen-bond donors (Lipinski definition) is 1. The molecule has 0 saturated carbocycles. The zero-order valence-electron chi connectivity index (χ0n) is 17.4. The van der Waals surface area contributed by atoms with Crippen molar-refractivity contribution in [2.75, 3.05) is 16.6 Å². The van der Waals surface area contributed by atoms with Crippen LogP contribution in [0.15, 0.2) is 78.9 Å². The van der Waals surface area contributed by atoms with Crippen molar-refractivity contribution in [2.24, 2.45) is 5.92 Å². The number of aromatic hydroxyl groups is 1. The Bertz CT molecular complexity index is 1130. The van der Waals surface area contributed by atoms with Gasteiger partial charge in [-0.1, -0.05) is 30.3 Å². The van der Waals surface area contributed by atoms with Crippen molar-refractivity contribution in [2.45, 2.75) is 19.1 Å². The topological polar surface area (TPSA) is 79.3 Å². The number of phenols is 1. The van der Waals surface area contributed by atoms with Crippen LogP contribution in [0.2, 0.25) is 0 Å². The van der Waals surface area contributed by atoms with Crippen LogP contribution in [0, 0.1) is 5.92 Å². The molecule has 0 aromatic heterocycles. The summed E-state index contributed by atoms with van der Waals surface area (Å²) in [6, 6.07) is 22.4. The molecule has 3 aromatic carbocycles. The molecular weight excluding hydrogens is 408 g/mol. The fraction of sp³-hybridized carbons (Fsp3) is 0.200. The van der Waals surface area contributed by atoms with Crippen molar-refractivity contribution < 1.29 is 24.3 Å². The lowest BCUT2D eigenvalue weighted by Gasteiger charge is -2.28. The molecule has 0 radical (unpaired) electrons. The molecule has 3 aromatic rings. The molecule has 2 fully saturated rings. The van der Waals surface area contributed by atoms with Crippen molar-refractivity contribution in [1.29, 1.82) is 0 Å². The number of phenolic OH excluding ortho intramolecular Hbond substituents is 1. The van der Waals surface area contributed by atoms with Crippen molar-refractivity contribution in [3.63, 3.8) is 0 Å². The number of amides is 2. The first-order chi connectivity index (χ1) is 15.6. The maximum absolute atomic E-state index is 13.6. The second-order valence-corrected chi connectivity index (χ2v) is 7.69. The number of carbonyl (C=O) groups is 2. The Morgan fingerprint density at radius 2 is 1.56 bits per heavy atom. The average Bonchev–Trinajstić information content (AvgIpc) is 3.32. The Morgan fingerprint density at radius 3 is 2.22 bits per heavy atom. The van der Waals surface area contributed by atoms with E-state index in [-0.39, 0.29) is 11.7 Å². The Hall–Kier alpha value is -3.84. The highest BCUT2D eigenvalue weighted by Crippen LogP contribution is 2.47. The van der Waals surface area contributed by atoms with Crippen LogP contribution in [0.3, 0.4) is 0 Å². The van der Waals surface area contributed by atoms with Gasteiger partial charge in [0.05, 0.1) is 24.0 Å². The maximum Gasteiger partial charge on any atom is 0.266 e. The van der Waals surface area contributed by atoms with Crippen LogP contribution in [0.1, 0.15) is 18.5 Å². The Morgan fingerprint density at radius 1 is 0.875 bits per heavy atom. The van der Waals surface area contributed by atoms with E-state index in [4.69, 9.17) is 9.57 Å². The molecule has 2 heterocycles. The van der Waals surface area contributed by atoms with Gasteiger partial charge in [0.15, 0.2) is 6.10 Å². The summed E-state index contributed by atoms with van der Waals surface area (Å²) in [6.07, 6.45) is -0.937. The molecule has 2 aliphatic heterocycles. The number of fused-ring (bicyclic) bond motifs is 1. The number of carbonyl (C=O) groups excluding carboxylic acids is 2. The highest BCUT2D eigenvalue weighted by Gasteiger charge is 2.60. The number of ether oxygens (including phenoxy) is 1. The predicted octanol–water partition coefficient (Wildman–Crippen LogP) is 3.84. The first-order valence-corrected chi connectivity index (χ1v) is 10.5. The molecule has 2 aliphatic rings. The summed E-state index contributed by atoms with van der Waals surface area (Å²) in [4.78, 5) is 34.1. The number of benzene rings is 3. The van der Waals surface area contributed by atoms with Gasteiger partial charge >= 0.3 is 0 Å². The van der Waals surface area contributed by atoms with E-state index >= 15 is 0 Å². The van der Waals surface area contributed by atoms with Gasteiger partial charge in [0, 0.05) is 0 Å². The normalized spacial score (nSPS) is 22.3. The van der Waals surface area contributed by atoms with Crippen molar-refractivity contribution in [3.05, 3.63) is 84.4 Å². The van der Waals surface area contributed by atoms with Crippen LogP contribution in [0.4, 0.5) is 11.4 Å². The molecule has 0 spiro atoms. The van der Waals surface area contributed by atoms with E-state index in [2.05, 4.69) is 0 Å². The molecule has 0 aliphatic carbocycles. The molecule has 3 atom stereocenters. The van der Waals surface area contributed by atoms with Crippen molar-refractivity contribution >= 4 is 23.2 Å². The lowest BCUT2D eigenvalue weighted by Crippen LogP contribution is -2.37. The van der Waals surface area contributed by atoms with E-state index in [0.29, 0.717) is 18.0 Å². The zero-order chi connectivity index (χ0) is 22.2. The van der Waals surface area contributed by atoms with Crippen LogP contribution in [-0.2, 0) is 14.4 Å². The average molecular weight is 430 g/mol. The molecule has 2 saturated heterocycles. The first-order valence-electron chi connectivity index (χ1n) is 10.5. The molecule has 3 unspecified atom stereocenters. The maximum atomic E-state index is 13.6. The van der Waals surface area contributed by atoms with E-state index in [0.717, 1.165) is 11.3 Å².